The summed E-state index contributed by atoms with van der Waals surface area (Å²) in [6.07, 6.45) is 2.11. The summed E-state index contributed by atoms with van der Waals surface area (Å²) < 4.78 is 23.1. The topological polar surface area (TPSA) is 183 Å². The van der Waals surface area contributed by atoms with Crippen LogP contribution in [-0.2, 0) is 0 Å². The minimum Gasteiger partial charge on any atom is -0.484 e. The third-order valence-electron chi connectivity index (χ3n) is 8.43. The second-order valence-corrected chi connectivity index (χ2v) is 12.0. The van der Waals surface area contributed by atoms with E-state index in [9.17, 15) is 29.8 Å². The Morgan fingerprint density at radius 2 is 0.963 bits per heavy atom. The van der Waals surface area contributed by atoms with Gasteiger partial charge in [0.1, 0.15) is 47.6 Å². The van der Waals surface area contributed by atoms with E-state index < -0.39 is 9.85 Å². The minimum absolute atomic E-state index is 0.0350. The maximum Gasteiger partial charge on any atom is 0.287 e. The van der Waals surface area contributed by atoms with E-state index in [0.717, 1.165) is 23.5 Å². The lowest BCUT2D eigenvalue weighted by Crippen LogP contribution is -2.20. The maximum absolute atomic E-state index is 12.6. The van der Waals surface area contributed by atoms with Crippen molar-refractivity contribution in [1.29, 1.82) is 0 Å². The average Bonchev–Trinajstić information content (AvgIpc) is 3.19. The third kappa shape index (κ3) is 8.02. The van der Waals surface area contributed by atoms with Crippen LogP contribution in [0.4, 0.5) is 11.4 Å². The zero-order valence-electron chi connectivity index (χ0n) is 28.1. The number of ketones is 2. The van der Waals surface area contributed by atoms with E-state index in [1.807, 2.05) is 60.7 Å². The number of aromatic nitrogens is 2. The molecule has 0 saturated carbocycles. The zero-order valence-corrected chi connectivity index (χ0v) is 28.1. The molecule has 268 valence electrons. The van der Waals surface area contributed by atoms with Crippen LogP contribution >= 0.6 is 0 Å². The van der Waals surface area contributed by atoms with Crippen molar-refractivity contribution in [2.24, 2.45) is 0 Å². The zero-order chi connectivity index (χ0) is 37.6. The highest BCUT2D eigenvalue weighted by atomic mass is 16.6. The van der Waals surface area contributed by atoms with Crippen molar-refractivity contribution in [1.82, 2.24) is 9.97 Å². The van der Waals surface area contributed by atoms with Crippen molar-refractivity contribution < 1.29 is 38.4 Å². The number of nitro groups is 2. The number of Topliss-reactive ketones (excluding diaryl/α,β-unsaturated/α-hetero) is 2. The van der Waals surface area contributed by atoms with Gasteiger partial charge in [0.25, 0.3) is 11.4 Å². The largest absolute Gasteiger partial charge is 0.484 e. The number of hydrogen-bond acceptors (Lipinski definition) is 12. The molecule has 14 heteroatoms. The van der Waals surface area contributed by atoms with Crippen LogP contribution in [0.15, 0.2) is 134 Å². The smallest absolute Gasteiger partial charge is 0.287 e. The average molecular weight is 725 g/mol. The fourth-order valence-corrected chi connectivity index (χ4v) is 5.76. The van der Waals surface area contributed by atoms with Crippen LogP contribution in [-0.4, -0.2) is 31.4 Å². The molecule has 4 heterocycles. The number of fused-ring (bicyclic) bond motifs is 2. The standard InChI is InChI=1S/2C20H14N2O5/c2*23-17-11-19(13-4-2-1-3-5-13)27-18-8-7-15(10-16(17)18)26-20-9-6-14(12-21-20)22(24)25/h2*1-10,12,19H,11H2. The molecule has 2 aliphatic heterocycles. The van der Waals surface area contributed by atoms with E-state index in [4.69, 9.17) is 18.9 Å². The lowest BCUT2D eigenvalue weighted by Gasteiger charge is -2.25. The normalized spacial score (nSPS) is 15.6. The summed E-state index contributed by atoms with van der Waals surface area (Å²) in [5.74, 6) is 2.15. The molecule has 2 atom stereocenters. The number of carbonyl (C=O) groups is 2. The maximum atomic E-state index is 12.6. The van der Waals surface area contributed by atoms with Crippen molar-refractivity contribution in [3.63, 3.8) is 0 Å². The molecule has 0 bridgehead atoms. The van der Waals surface area contributed by atoms with Gasteiger partial charge in [0, 0.05) is 24.3 Å². The van der Waals surface area contributed by atoms with Gasteiger partial charge in [-0.1, -0.05) is 60.7 Å². The van der Waals surface area contributed by atoms with Gasteiger partial charge in [0.2, 0.25) is 11.8 Å². The van der Waals surface area contributed by atoms with Crippen molar-refractivity contribution in [3.05, 3.63) is 176 Å². The molecule has 6 aromatic rings. The van der Waals surface area contributed by atoms with E-state index in [1.165, 1.54) is 24.3 Å². The molecular weight excluding hydrogens is 696 g/mol. The monoisotopic (exact) mass is 724 g/mol. The van der Waals surface area contributed by atoms with Crippen LogP contribution in [0.1, 0.15) is 56.9 Å². The van der Waals surface area contributed by atoms with E-state index in [0.29, 0.717) is 34.1 Å². The number of nitrogens with zero attached hydrogens (tertiary/aromatic N) is 4. The van der Waals surface area contributed by atoms with E-state index in [-0.39, 0.29) is 59.8 Å². The molecule has 14 nitrogen and oxygen atoms in total. The van der Waals surface area contributed by atoms with Crippen LogP contribution in [0.25, 0.3) is 0 Å². The summed E-state index contributed by atoms with van der Waals surface area (Å²) >= 11 is 0. The lowest BCUT2D eigenvalue weighted by molar-refractivity contribution is -0.385. The summed E-state index contributed by atoms with van der Waals surface area (Å²) in [6, 6.07) is 34.5. The molecule has 0 fully saturated rings. The van der Waals surface area contributed by atoms with Gasteiger partial charge >= 0.3 is 0 Å². The molecule has 2 unspecified atom stereocenters. The molecule has 0 saturated heterocycles. The Kier molecular flexibility index (Phi) is 9.97. The second kappa shape index (κ2) is 15.4. The highest BCUT2D eigenvalue weighted by Gasteiger charge is 2.29. The van der Waals surface area contributed by atoms with Gasteiger partial charge in [-0.3, -0.25) is 29.8 Å². The molecule has 4 aromatic carbocycles. The number of rotatable bonds is 8. The van der Waals surface area contributed by atoms with E-state index >= 15 is 0 Å². The molecule has 0 amide bonds. The molecule has 2 aliphatic rings. The number of carbonyl (C=O) groups excluding carboxylic acids is 2. The molecule has 8 rings (SSSR count). The van der Waals surface area contributed by atoms with Gasteiger partial charge in [-0.05, 0) is 47.5 Å². The number of hydrogen-bond donors (Lipinski definition) is 0. The fourth-order valence-electron chi connectivity index (χ4n) is 5.76. The SMILES string of the molecule is O=C1CC(c2ccccc2)Oc2ccc(Oc3ccc([N+](=O)[O-])cn3)cc21.O=C1CC(c2ccccc2)Oc2ccc(Oc3ccc([N+](=O)[O-])cn3)cc21. The molecule has 54 heavy (non-hydrogen) atoms. The number of benzene rings is 4. The van der Waals surface area contributed by atoms with Crippen molar-refractivity contribution in [2.75, 3.05) is 0 Å². The second-order valence-electron chi connectivity index (χ2n) is 12.0. The van der Waals surface area contributed by atoms with Crippen molar-refractivity contribution >= 4 is 22.9 Å². The Morgan fingerprint density at radius 1 is 0.556 bits per heavy atom. The fraction of sp³-hybridized carbons (Fsp3) is 0.100. The summed E-state index contributed by atoms with van der Waals surface area (Å²) in [4.78, 5) is 53.2. The first-order chi connectivity index (χ1) is 26.2. The summed E-state index contributed by atoms with van der Waals surface area (Å²) in [6.45, 7) is 0. The highest BCUT2D eigenvalue weighted by molar-refractivity contribution is 6.01. The summed E-state index contributed by atoms with van der Waals surface area (Å²) in [5.41, 5.74) is 2.55. The first kappa shape index (κ1) is 34.9. The number of ether oxygens (including phenoxy) is 4. The third-order valence-corrected chi connectivity index (χ3v) is 8.43. The summed E-state index contributed by atoms with van der Waals surface area (Å²) in [7, 11) is 0. The van der Waals surface area contributed by atoms with Gasteiger partial charge < -0.3 is 18.9 Å². The van der Waals surface area contributed by atoms with Gasteiger partial charge in [-0.15, -0.1) is 0 Å². The quantitative estimate of drug-likeness (QED) is 0.107. The predicted molar refractivity (Wildman–Crippen MR) is 192 cm³/mol. The van der Waals surface area contributed by atoms with Crippen LogP contribution in [0.2, 0.25) is 0 Å². The van der Waals surface area contributed by atoms with Crippen LogP contribution in [0.3, 0.4) is 0 Å². The Morgan fingerprint density at radius 3 is 1.31 bits per heavy atom. The first-order valence-corrected chi connectivity index (χ1v) is 16.5. The molecule has 0 aliphatic carbocycles. The molecule has 2 aromatic heterocycles. The van der Waals surface area contributed by atoms with Gasteiger partial charge in [0.15, 0.2) is 11.6 Å². The van der Waals surface area contributed by atoms with Crippen molar-refractivity contribution in [3.8, 4) is 34.8 Å². The molecule has 0 radical (unpaired) electrons. The Bertz CT molecular complexity index is 2170. The molecule has 0 spiro atoms. The van der Waals surface area contributed by atoms with Crippen LogP contribution < -0.4 is 18.9 Å². The lowest BCUT2D eigenvalue weighted by atomic mass is 9.96. The minimum atomic E-state index is -0.533. The predicted octanol–water partition coefficient (Wildman–Crippen LogP) is 8.98. The summed E-state index contributed by atoms with van der Waals surface area (Å²) in [5, 5.41) is 21.3. The molecule has 0 N–H and O–H groups in total. The van der Waals surface area contributed by atoms with E-state index in [2.05, 4.69) is 9.97 Å². The Hall–Kier alpha value is -7.48. The van der Waals surface area contributed by atoms with Crippen LogP contribution in [0.5, 0.6) is 34.8 Å². The Labute approximate surface area is 306 Å². The Balaban J connectivity index is 0.000000167. The highest BCUT2D eigenvalue weighted by Crippen LogP contribution is 2.39. The van der Waals surface area contributed by atoms with Crippen LogP contribution in [0, 0.1) is 20.2 Å². The van der Waals surface area contributed by atoms with Gasteiger partial charge in [-0.2, -0.15) is 0 Å². The van der Waals surface area contributed by atoms with E-state index in [1.54, 1.807) is 36.4 Å². The first-order valence-electron chi connectivity index (χ1n) is 16.5. The van der Waals surface area contributed by atoms with Gasteiger partial charge in [0.05, 0.1) is 33.8 Å². The van der Waals surface area contributed by atoms with Gasteiger partial charge in [-0.25, -0.2) is 9.97 Å². The molecular formula is C40H28N4O10. The number of pyridine rings is 2. The van der Waals surface area contributed by atoms with Crippen molar-refractivity contribution in [2.45, 2.75) is 25.0 Å².